The van der Waals surface area contributed by atoms with Gasteiger partial charge in [0.1, 0.15) is 5.75 Å². The van der Waals surface area contributed by atoms with Gasteiger partial charge in [0.15, 0.2) is 6.10 Å². The number of ketones is 1. The number of rotatable bonds is 14. The average molecular weight is 648 g/mol. The van der Waals surface area contributed by atoms with E-state index < -0.39 is 17.8 Å². The molecule has 0 aromatic heterocycles. The van der Waals surface area contributed by atoms with Crippen LogP contribution in [-0.2, 0) is 20.4 Å². The fourth-order valence-electron chi connectivity index (χ4n) is 5.53. The zero-order chi connectivity index (χ0) is 34.4. The van der Waals surface area contributed by atoms with Crippen molar-refractivity contribution in [3.63, 3.8) is 0 Å². The summed E-state index contributed by atoms with van der Waals surface area (Å²) in [6.45, 7) is 25.2. The first kappa shape index (κ1) is 37.1. The summed E-state index contributed by atoms with van der Waals surface area (Å²) in [5.41, 5.74) is 6.42. The van der Waals surface area contributed by atoms with Gasteiger partial charge in [-0.2, -0.15) is 0 Å². The molecule has 0 heterocycles. The molecule has 7 heteroatoms. The molecule has 1 atom stereocenters. The number of hydrogen-bond acceptors (Lipinski definition) is 5. The van der Waals surface area contributed by atoms with E-state index in [1.807, 2.05) is 32.9 Å². The normalized spacial score (nSPS) is 15.6. The molecule has 1 N–H and O–H groups in total. The molecular formula is C39H54ClN3O3. The van der Waals surface area contributed by atoms with Crippen LogP contribution in [0.5, 0.6) is 5.75 Å². The van der Waals surface area contributed by atoms with Gasteiger partial charge in [0, 0.05) is 29.9 Å². The van der Waals surface area contributed by atoms with E-state index in [1.165, 1.54) is 5.56 Å². The molecule has 2 aromatic rings. The van der Waals surface area contributed by atoms with Gasteiger partial charge in [-0.25, -0.2) is 4.99 Å². The minimum Gasteiger partial charge on any atom is -0.480 e. The average Bonchev–Trinajstić information content (AvgIpc) is 3.04. The van der Waals surface area contributed by atoms with E-state index in [2.05, 4.69) is 89.9 Å². The Bertz CT molecular complexity index is 1530. The SMILES string of the molecule is CCC1=C(Cl)C(=O)C(NC(=O)C(CC)Oc2ccc(C(C)(C)CC)cc2C(C)(C)CC)=CC1=Nc1ccc(N(CC)CC)cc1C. The number of benzene rings is 2. The minimum absolute atomic E-state index is 0.0157. The Labute approximate surface area is 282 Å². The summed E-state index contributed by atoms with van der Waals surface area (Å²) in [6.07, 6.45) is 3.70. The maximum Gasteiger partial charge on any atom is 0.265 e. The number of allylic oxidation sites excluding steroid dienone is 3. The van der Waals surface area contributed by atoms with Crippen LogP contribution in [0.15, 0.2) is 63.8 Å². The van der Waals surface area contributed by atoms with Gasteiger partial charge in [-0.05, 0) is 98.8 Å². The molecule has 0 saturated heterocycles. The van der Waals surface area contributed by atoms with Gasteiger partial charge >= 0.3 is 0 Å². The predicted molar refractivity (Wildman–Crippen MR) is 194 cm³/mol. The Morgan fingerprint density at radius 3 is 2.15 bits per heavy atom. The molecule has 3 rings (SSSR count). The highest BCUT2D eigenvalue weighted by Gasteiger charge is 2.31. The molecule has 46 heavy (non-hydrogen) atoms. The summed E-state index contributed by atoms with van der Waals surface area (Å²) < 4.78 is 6.45. The van der Waals surface area contributed by atoms with Gasteiger partial charge in [0.2, 0.25) is 5.78 Å². The number of ether oxygens (including phenoxy) is 1. The molecule has 0 radical (unpaired) electrons. The monoisotopic (exact) mass is 647 g/mol. The number of Topliss-reactive ketones (excluding diaryl/α,β-unsaturated/α-hetero) is 1. The molecule has 0 fully saturated rings. The lowest BCUT2D eigenvalue weighted by Crippen LogP contribution is -2.40. The molecule has 0 saturated carbocycles. The van der Waals surface area contributed by atoms with Crippen molar-refractivity contribution in [2.45, 2.75) is 119 Å². The third-order valence-corrected chi connectivity index (χ3v) is 10.1. The summed E-state index contributed by atoms with van der Waals surface area (Å²) in [6, 6.07) is 12.5. The summed E-state index contributed by atoms with van der Waals surface area (Å²) in [5.74, 6) is -0.136. The lowest BCUT2D eigenvalue weighted by atomic mass is 9.76. The topological polar surface area (TPSA) is 71.0 Å². The van der Waals surface area contributed by atoms with E-state index in [4.69, 9.17) is 21.3 Å². The molecule has 250 valence electrons. The Hall–Kier alpha value is -3.38. The summed E-state index contributed by atoms with van der Waals surface area (Å²) in [7, 11) is 0. The standard InChI is InChI=1S/C39H54ClN3O3/c1-12-28-31(41-30-20-19-27(22-25(30)7)43(16-5)17-6)24-32(36(44)35(28)40)42-37(45)33(13-2)46-34-21-18-26(38(8,9)14-3)23-29(34)39(10,11)15-4/h18-24,33H,12-17H2,1-11H3,(H,42,45). The predicted octanol–water partition coefficient (Wildman–Crippen LogP) is 9.63. The minimum atomic E-state index is -0.810. The second-order valence-corrected chi connectivity index (χ2v) is 13.7. The highest BCUT2D eigenvalue weighted by molar-refractivity contribution is 6.49. The smallest absolute Gasteiger partial charge is 0.265 e. The molecule has 1 unspecified atom stereocenters. The van der Waals surface area contributed by atoms with Crippen molar-refractivity contribution in [3.05, 3.63) is 75.5 Å². The fraction of sp³-hybridized carbons (Fsp3) is 0.513. The zero-order valence-electron chi connectivity index (χ0n) is 29.9. The van der Waals surface area contributed by atoms with Crippen LogP contribution >= 0.6 is 11.6 Å². The van der Waals surface area contributed by atoms with Gasteiger partial charge in [-0.1, -0.05) is 79.1 Å². The maximum atomic E-state index is 13.7. The largest absolute Gasteiger partial charge is 0.480 e. The van der Waals surface area contributed by atoms with Crippen molar-refractivity contribution in [1.29, 1.82) is 0 Å². The lowest BCUT2D eigenvalue weighted by molar-refractivity contribution is -0.128. The number of amides is 1. The Kier molecular flexibility index (Phi) is 12.5. The van der Waals surface area contributed by atoms with E-state index in [1.54, 1.807) is 6.08 Å². The molecule has 0 spiro atoms. The number of carbonyl (C=O) groups excluding carboxylic acids is 2. The van der Waals surface area contributed by atoms with E-state index in [0.29, 0.717) is 29.9 Å². The number of carbonyl (C=O) groups is 2. The van der Waals surface area contributed by atoms with Crippen LogP contribution in [0.25, 0.3) is 0 Å². The van der Waals surface area contributed by atoms with E-state index >= 15 is 0 Å². The number of nitrogens with zero attached hydrogens (tertiary/aromatic N) is 2. The van der Waals surface area contributed by atoms with Crippen LogP contribution in [0.2, 0.25) is 0 Å². The Morgan fingerprint density at radius 1 is 0.957 bits per heavy atom. The maximum absolute atomic E-state index is 13.7. The van der Waals surface area contributed by atoms with Crippen LogP contribution in [-0.4, -0.2) is 36.6 Å². The van der Waals surface area contributed by atoms with E-state index in [-0.39, 0.29) is 21.6 Å². The number of hydrogen-bond donors (Lipinski definition) is 1. The van der Waals surface area contributed by atoms with Crippen LogP contribution in [0.1, 0.15) is 112 Å². The molecule has 1 aliphatic rings. The van der Waals surface area contributed by atoms with Gasteiger partial charge in [-0.15, -0.1) is 0 Å². The Morgan fingerprint density at radius 2 is 1.61 bits per heavy atom. The quantitative estimate of drug-likeness (QED) is 0.207. The van der Waals surface area contributed by atoms with Crippen LogP contribution in [0.4, 0.5) is 11.4 Å². The zero-order valence-corrected chi connectivity index (χ0v) is 30.6. The second kappa shape index (κ2) is 15.5. The number of aliphatic imine (C=N–C) groups is 1. The number of anilines is 1. The second-order valence-electron chi connectivity index (χ2n) is 13.4. The van der Waals surface area contributed by atoms with Gasteiger partial charge < -0.3 is 15.0 Å². The molecule has 6 nitrogen and oxygen atoms in total. The van der Waals surface area contributed by atoms with Crippen molar-refractivity contribution in [2.75, 3.05) is 18.0 Å². The van der Waals surface area contributed by atoms with E-state index in [9.17, 15) is 9.59 Å². The van der Waals surface area contributed by atoms with Crippen molar-refractivity contribution >= 4 is 40.4 Å². The highest BCUT2D eigenvalue weighted by Crippen LogP contribution is 2.39. The first-order chi connectivity index (χ1) is 21.7. The van der Waals surface area contributed by atoms with Gasteiger partial charge in [0.05, 0.1) is 22.1 Å². The summed E-state index contributed by atoms with van der Waals surface area (Å²) in [5, 5.41) is 2.92. The van der Waals surface area contributed by atoms with Crippen molar-refractivity contribution in [3.8, 4) is 5.75 Å². The fourth-order valence-corrected chi connectivity index (χ4v) is 5.86. The number of aryl methyl sites for hydroxylation is 1. The first-order valence-electron chi connectivity index (χ1n) is 16.9. The number of halogens is 1. The molecule has 0 bridgehead atoms. The summed E-state index contributed by atoms with van der Waals surface area (Å²) in [4.78, 5) is 34.3. The molecule has 2 aromatic carbocycles. The van der Waals surface area contributed by atoms with Gasteiger partial charge in [0.25, 0.3) is 5.91 Å². The lowest BCUT2D eigenvalue weighted by Gasteiger charge is -2.31. The molecule has 0 aliphatic heterocycles. The third kappa shape index (κ3) is 8.12. The van der Waals surface area contributed by atoms with Crippen LogP contribution in [0.3, 0.4) is 0 Å². The van der Waals surface area contributed by atoms with Crippen molar-refractivity contribution < 1.29 is 14.3 Å². The Balaban J connectivity index is 1.96. The first-order valence-corrected chi connectivity index (χ1v) is 17.3. The summed E-state index contributed by atoms with van der Waals surface area (Å²) >= 11 is 6.63. The van der Waals surface area contributed by atoms with Gasteiger partial charge in [-0.3, -0.25) is 9.59 Å². The van der Waals surface area contributed by atoms with Crippen molar-refractivity contribution in [1.82, 2.24) is 5.32 Å². The third-order valence-electron chi connectivity index (χ3n) is 9.65. The van der Waals surface area contributed by atoms with E-state index in [0.717, 1.165) is 48.4 Å². The number of nitrogens with one attached hydrogen (secondary N) is 1. The molecule has 1 amide bonds. The van der Waals surface area contributed by atoms with Crippen LogP contribution in [0, 0.1) is 6.92 Å². The molecular weight excluding hydrogens is 594 g/mol. The molecule has 1 aliphatic carbocycles. The highest BCUT2D eigenvalue weighted by atomic mass is 35.5. The van der Waals surface area contributed by atoms with Crippen molar-refractivity contribution in [2.24, 2.45) is 4.99 Å². The van der Waals surface area contributed by atoms with Crippen LogP contribution < -0.4 is 15.0 Å².